The Kier molecular flexibility index (Phi) is 6.86. The number of aromatic nitrogens is 1. The molecule has 0 aliphatic heterocycles. The standard InChI is InChI=1S/C18H26N2O2S/c1-4-5-6-7-11-16(21-2)14-10-8-9-13(17(14)22-3)15-12-23-18(19)20-15/h8-10,12,16H,4-7,11H2,1-3H3,(H2,19,20). The van der Waals surface area contributed by atoms with Gasteiger partial charge in [0.15, 0.2) is 5.13 Å². The van der Waals surface area contributed by atoms with Crippen molar-refractivity contribution < 1.29 is 9.47 Å². The van der Waals surface area contributed by atoms with Gasteiger partial charge in [-0.05, 0) is 12.5 Å². The number of nitrogens with two attached hydrogens (primary N) is 1. The van der Waals surface area contributed by atoms with E-state index in [9.17, 15) is 0 Å². The number of benzene rings is 1. The average Bonchev–Trinajstić information content (AvgIpc) is 3.00. The molecule has 1 atom stereocenters. The summed E-state index contributed by atoms with van der Waals surface area (Å²) in [6.07, 6.45) is 5.94. The third kappa shape index (κ3) is 4.45. The Morgan fingerprint density at radius 2 is 2.04 bits per heavy atom. The minimum Gasteiger partial charge on any atom is -0.496 e. The van der Waals surface area contributed by atoms with E-state index in [1.54, 1.807) is 14.2 Å². The first-order chi connectivity index (χ1) is 11.2. The fourth-order valence-electron chi connectivity index (χ4n) is 2.81. The van der Waals surface area contributed by atoms with E-state index in [2.05, 4.69) is 18.0 Å². The third-order valence-corrected chi connectivity index (χ3v) is 4.67. The molecule has 0 aliphatic carbocycles. The smallest absolute Gasteiger partial charge is 0.180 e. The van der Waals surface area contributed by atoms with Crippen LogP contribution in [0.1, 0.15) is 50.7 Å². The Bertz CT molecular complexity index is 613. The molecular weight excluding hydrogens is 308 g/mol. The molecule has 0 bridgehead atoms. The van der Waals surface area contributed by atoms with Crippen molar-refractivity contribution >= 4 is 16.5 Å². The lowest BCUT2D eigenvalue weighted by Gasteiger charge is -2.20. The Labute approximate surface area is 142 Å². The van der Waals surface area contributed by atoms with Crippen LogP contribution in [0.5, 0.6) is 5.75 Å². The molecule has 1 aromatic carbocycles. The molecule has 0 saturated carbocycles. The van der Waals surface area contributed by atoms with E-state index >= 15 is 0 Å². The van der Waals surface area contributed by atoms with Crippen molar-refractivity contribution in [2.45, 2.75) is 45.1 Å². The topological polar surface area (TPSA) is 57.4 Å². The highest BCUT2D eigenvalue weighted by molar-refractivity contribution is 7.13. The Balaban J connectivity index is 2.26. The molecule has 2 rings (SSSR count). The van der Waals surface area contributed by atoms with Crippen LogP contribution in [-0.2, 0) is 4.74 Å². The summed E-state index contributed by atoms with van der Waals surface area (Å²) in [5, 5.41) is 2.52. The number of para-hydroxylation sites is 1. The molecule has 0 fully saturated rings. The average molecular weight is 334 g/mol. The quantitative estimate of drug-likeness (QED) is 0.651. The highest BCUT2D eigenvalue weighted by atomic mass is 32.1. The maximum absolute atomic E-state index is 5.77. The second-order valence-corrected chi connectivity index (χ2v) is 6.46. The van der Waals surface area contributed by atoms with Crippen molar-refractivity contribution in [1.82, 2.24) is 4.98 Å². The molecule has 23 heavy (non-hydrogen) atoms. The summed E-state index contributed by atoms with van der Waals surface area (Å²) in [5.74, 6) is 0.833. The molecule has 0 amide bonds. The van der Waals surface area contributed by atoms with Crippen LogP contribution in [0.3, 0.4) is 0 Å². The van der Waals surface area contributed by atoms with Crippen LogP contribution in [0, 0.1) is 0 Å². The SMILES string of the molecule is CCCCCCC(OC)c1cccc(-c2csc(N)n2)c1OC. The van der Waals surface area contributed by atoms with Gasteiger partial charge >= 0.3 is 0 Å². The van der Waals surface area contributed by atoms with Crippen LogP contribution in [0.2, 0.25) is 0 Å². The van der Waals surface area contributed by atoms with E-state index in [4.69, 9.17) is 15.2 Å². The van der Waals surface area contributed by atoms with Gasteiger partial charge in [0, 0.05) is 23.6 Å². The van der Waals surface area contributed by atoms with Gasteiger partial charge in [0.1, 0.15) is 5.75 Å². The predicted molar refractivity (Wildman–Crippen MR) is 97.0 cm³/mol. The number of nitrogen functional groups attached to an aromatic ring is 1. The van der Waals surface area contributed by atoms with Crippen LogP contribution in [0.4, 0.5) is 5.13 Å². The summed E-state index contributed by atoms with van der Waals surface area (Å²) in [7, 11) is 3.46. The fraction of sp³-hybridized carbons (Fsp3) is 0.500. The van der Waals surface area contributed by atoms with E-state index in [-0.39, 0.29) is 6.10 Å². The maximum Gasteiger partial charge on any atom is 0.180 e. The first kappa shape index (κ1) is 17.8. The highest BCUT2D eigenvalue weighted by Gasteiger charge is 2.19. The van der Waals surface area contributed by atoms with Gasteiger partial charge in [-0.15, -0.1) is 11.3 Å². The Hall–Kier alpha value is -1.59. The second kappa shape index (κ2) is 8.89. The Morgan fingerprint density at radius 1 is 1.22 bits per heavy atom. The molecule has 1 unspecified atom stereocenters. The molecule has 0 radical (unpaired) electrons. The summed E-state index contributed by atoms with van der Waals surface area (Å²) >= 11 is 1.44. The van der Waals surface area contributed by atoms with Crippen LogP contribution < -0.4 is 10.5 Å². The molecule has 126 valence electrons. The number of nitrogens with zero attached hydrogens (tertiary/aromatic N) is 1. The van der Waals surface area contributed by atoms with Gasteiger partial charge in [0.05, 0.1) is 18.9 Å². The van der Waals surface area contributed by atoms with Gasteiger partial charge in [-0.3, -0.25) is 0 Å². The predicted octanol–water partition coefficient (Wildman–Crippen LogP) is 5.06. The lowest BCUT2D eigenvalue weighted by atomic mass is 9.98. The molecule has 1 aromatic heterocycles. The van der Waals surface area contributed by atoms with Crippen LogP contribution in [0.15, 0.2) is 23.6 Å². The van der Waals surface area contributed by atoms with Gasteiger partial charge in [0.25, 0.3) is 0 Å². The molecule has 1 heterocycles. The second-order valence-electron chi connectivity index (χ2n) is 5.57. The van der Waals surface area contributed by atoms with E-state index in [1.807, 2.05) is 17.5 Å². The number of methoxy groups -OCH3 is 2. The van der Waals surface area contributed by atoms with Gasteiger partial charge in [0.2, 0.25) is 0 Å². The van der Waals surface area contributed by atoms with Gasteiger partial charge in [-0.2, -0.15) is 0 Å². The van der Waals surface area contributed by atoms with E-state index in [0.717, 1.165) is 35.4 Å². The summed E-state index contributed by atoms with van der Waals surface area (Å²) in [6, 6.07) is 6.12. The first-order valence-corrected chi connectivity index (χ1v) is 9.00. The van der Waals surface area contributed by atoms with Crippen molar-refractivity contribution in [2.75, 3.05) is 20.0 Å². The summed E-state index contributed by atoms with van der Waals surface area (Å²) in [5.41, 5.74) is 8.67. The van der Waals surface area contributed by atoms with Crippen molar-refractivity contribution in [3.8, 4) is 17.0 Å². The number of ether oxygens (including phenoxy) is 2. The molecule has 2 N–H and O–H groups in total. The normalized spacial score (nSPS) is 12.3. The number of anilines is 1. The first-order valence-electron chi connectivity index (χ1n) is 8.12. The van der Waals surface area contributed by atoms with Gasteiger partial charge in [-0.25, -0.2) is 4.98 Å². The number of rotatable bonds is 9. The van der Waals surface area contributed by atoms with Crippen molar-refractivity contribution in [3.05, 3.63) is 29.1 Å². The zero-order valence-corrected chi connectivity index (χ0v) is 15.0. The van der Waals surface area contributed by atoms with Crippen molar-refractivity contribution in [1.29, 1.82) is 0 Å². The lowest BCUT2D eigenvalue weighted by molar-refractivity contribution is 0.0908. The number of hydrogen-bond acceptors (Lipinski definition) is 5. The molecule has 2 aromatic rings. The third-order valence-electron chi connectivity index (χ3n) is 4.00. The van der Waals surface area contributed by atoms with Crippen molar-refractivity contribution in [3.63, 3.8) is 0 Å². The molecule has 4 nitrogen and oxygen atoms in total. The van der Waals surface area contributed by atoms with E-state index in [1.165, 1.54) is 30.6 Å². The Morgan fingerprint density at radius 3 is 2.65 bits per heavy atom. The highest BCUT2D eigenvalue weighted by Crippen LogP contribution is 2.39. The van der Waals surface area contributed by atoms with Gasteiger partial charge < -0.3 is 15.2 Å². The molecule has 5 heteroatoms. The van der Waals surface area contributed by atoms with Gasteiger partial charge in [-0.1, -0.05) is 44.7 Å². The number of thiazole rings is 1. The van der Waals surface area contributed by atoms with E-state index in [0.29, 0.717) is 5.13 Å². The van der Waals surface area contributed by atoms with Crippen molar-refractivity contribution in [2.24, 2.45) is 0 Å². The van der Waals surface area contributed by atoms with Crippen LogP contribution >= 0.6 is 11.3 Å². The maximum atomic E-state index is 5.77. The summed E-state index contributed by atoms with van der Waals surface area (Å²) < 4.78 is 11.4. The lowest BCUT2D eigenvalue weighted by Crippen LogP contribution is -2.05. The molecule has 0 aliphatic rings. The van der Waals surface area contributed by atoms with Crippen LogP contribution in [-0.4, -0.2) is 19.2 Å². The zero-order chi connectivity index (χ0) is 16.7. The summed E-state index contributed by atoms with van der Waals surface area (Å²) in [6.45, 7) is 2.22. The number of hydrogen-bond donors (Lipinski definition) is 1. The fourth-order valence-corrected chi connectivity index (χ4v) is 3.37. The number of unbranched alkanes of at least 4 members (excludes halogenated alkanes) is 3. The molecule has 0 saturated heterocycles. The molecule has 0 spiro atoms. The zero-order valence-electron chi connectivity index (χ0n) is 14.2. The summed E-state index contributed by atoms with van der Waals surface area (Å²) in [4.78, 5) is 4.38. The molecular formula is C18H26N2O2S. The van der Waals surface area contributed by atoms with Crippen LogP contribution in [0.25, 0.3) is 11.3 Å². The van der Waals surface area contributed by atoms with E-state index < -0.39 is 0 Å². The largest absolute Gasteiger partial charge is 0.496 e. The minimum absolute atomic E-state index is 0.0396. The minimum atomic E-state index is 0.0396. The monoisotopic (exact) mass is 334 g/mol.